The summed E-state index contributed by atoms with van der Waals surface area (Å²) in [6.07, 6.45) is -1.70. The van der Waals surface area contributed by atoms with Gasteiger partial charge in [0.15, 0.2) is 0 Å². The molecule has 1 aromatic carbocycles. The van der Waals surface area contributed by atoms with E-state index in [0.29, 0.717) is 0 Å². The molecule has 0 saturated carbocycles. The molecule has 3 nitrogen and oxygen atoms in total. The van der Waals surface area contributed by atoms with Crippen LogP contribution in [-0.2, 0) is 0 Å². The monoisotopic (exact) mass is 213 g/mol. The third kappa shape index (κ3) is 1.83. The molecule has 0 atom stereocenters. The summed E-state index contributed by atoms with van der Waals surface area (Å²) in [7, 11) is 0. The summed E-state index contributed by atoms with van der Waals surface area (Å²) in [5, 5.41) is 6.64. The van der Waals surface area contributed by atoms with E-state index in [2.05, 4.69) is 10.3 Å². The Balaban J connectivity index is 2.42. The molecule has 1 heterocycles. The molecule has 0 N–H and O–H groups in total. The number of nitrogens with zero attached hydrogens (tertiary/aromatic N) is 3. The lowest BCUT2D eigenvalue weighted by molar-refractivity contribution is 0.146. The quantitative estimate of drug-likeness (QED) is 0.766. The Bertz CT molecular complexity index is 467. The number of benzene rings is 1. The van der Waals surface area contributed by atoms with Gasteiger partial charge in [0.2, 0.25) is 0 Å². The lowest BCUT2D eigenvalue weighted by Crippen LogP contribution is -1.97. The zero-order chi connectivity index (χ0) is 10.8. The van der Waals surface area contributed by atoms with Crippen molar-refractivity contribution in [2.45, 2.75) is 6.43 Å². The van der Waals surface area contributed by atoms with Crippen LogP contribution in [0.2, 0.25) is 0 Å². The van der Waals surface area contributed by atoms with Crippen LogP contribution in [0.3, 0.4) is 0 Å². The Morgan fingerprint density at radius 2 is 1.93 bits per heavy atom. The molecule has 0 spiro atoms. The number of para-hydroxylation sites is 1. The highest BCUT2D eigenvalue weighted by molar-refractivity contribution is 5.32. The third-order valence-electron chi connectivity index (χ3n) is 1.83. The maximum atomic E-state index is 13.2. The minimum absolute atomic E-state index is 0.0944. The van der Waals surface area contributed by atoms with Gasteiger partial charge >= 0.3 is 0 Å². The van der Waals surface area contributed by atoms with Crippen LogP contribution < -0.4 is 0 Å². The molecule has 0 bridgehead atoms. The normalized spacial score (nSPS) is 10.9. The molecule has 0 unspecified atom stereocenters. The van der Waals surface area contributed by atoms with Gasteiger partial charge in [-0.15, -0.1) is 5.10 Å². The predicted molar refractivity (Wildman–Crippen MR) is 46.3 cm³/mol. The van der Waals surface area contributed by atoms with E-state index in [0.717, 1.165) is 10.9 Å². The second-order valence-corrected chi connectivity index (χ2v) is 2.84. The predicted octanol–water partition coefficient (Wildman–Crippen LogP) is 2.34. The van der Waals surface area contributed by atoms with Gasteiger partial charge in [-0.25, -0.2) is 17.9 Å². The van der Waals surface area contributed by atoms with Crippen molar-refractivity contribution in [2.24, 2.45) is 0 Å². The summed E-state index contributed by atoms with van der Waals surface area (Å²) in [5.74, 6) is -0.539. The number of hydrogen-bond donors (Lipinski definition) is 0. The molecule has 0 aliphatic carbocycles. The fourth-order valence-corrected chi connectivity index (χ4v) is 1.13. The zero-order valence-corrected chi connectivity index (χ0v) is 7.44. The van der Waals surface area contributed by atoms with Crippen LogP contribution in [0.5, 0.6) is 0 Å². The molecule has 2 rings (SSSR count). The summed E-state index contributed by atoms with van der Waals surface area (Å²) >= 11 is 0. The Labute approximate surface area is 83.1 Å². The maximum absolute atomic E-state index is 13.2. The van der Waals surface area contributed by atoms with Crippen LogP contribution in [0.1, 0.15) is 12.1 Å². The molecule has 78 valence electrons. The molecule has 0 saturated heterocycles. The van der Waals surface area contributed by atoms with E-state index in [1.807, 2.05) is 0 Å². The number of alkyl halides is 2. The SMILES string of the molecule is Fc1ccccc1-n1cc(C(F)F)nn1. The molecule has 0 fully saturated rings. The van der Waals surface area contributed by atoms with Gasteiger partial charge in [0.1, 0.15) is 17.2 Å². The first kappa shape index (κ1) is 9.70. The molecule has 0 aliphatic heterocycles. The highest BCUT2D eigenvalue weighted by Gasteiger charge is 2.13. The fraction of sp³-hybridized carbons (Fsp3) is 0.111. The summed E-state index contributed by atoms with van der Waals surface area (Å²) < 4.78 is 38.6. The Morgan fingerprint density at radius 3 is 2.53 bits per heavy atom. The number of rotatable bonds is 2. The van der Waals surface area contributed by atoms with Crippen LogP contribution in [0.4, 0.5) is 13.2 Å². The van der Waals surface area contributed by atoms with E-state index >= 15 is 0 Å². The largest absolute Gasteiger partial charge is 0.283 e. The van der Waals surface area contributed by atoms with E-state index in [1.54, 1.807) is 6.07 Å². The maximum Gasteiger partial charge on any atom is 0.283 e. The van der Waals surface area contributed by atoms with Crippen molar-refractivity contribution in [3.8, 4) is 5.69 Å². The first-order valence-electron chi connectivity index (χ1n) is 4.14. The van der Waals surface area contributed by atoms with Crippen molar-refractivity contribution in [1.29, 1.82) is 0 Å². The van der Waals surface area contributed by atoms with E-state index < -0.39 is 17.9 Å². The van der Waals surface area contributed by atoms with Crippen molar-refractivity contribution in [2.75, 3.05) is 0 Å². The van der Waals surface area contributed by atoms with Gasteiger partial charge in [0.05, 0.1) is 6.20 Å². The molecule has 0 radical (unpaired) electrons. The summed E-state index contributed by atoms with van der Waals surface area (Å²) in [6, 6.07) is 5.74. The Kier molecular flexibility index (Phi) is 2.40. The van der Waals surface area contributed by atoms with Crippen molar-refractivity contribution >= 4 is 0 Å². The first-order valence-corrected chi connectivity index (χ1v) is 4.14. The van der Waals surface area contributed by atoms with E-state index in [-0.39, 0.29) is 5.69 Å². The van der Waals surface area contributed by atoms with Gasteiger partial charge in [-0.05, 0) is 12.1 Å². The molecular weight excluding hydrogens is 207 g/mol. The molecule has 6 heteroatoms. The van der Waals surface area contributed by atoms with E-state index in [9.17, 15) is 13.2 Å². The smallest absolute Gasteiger partial charge is 0.217 e. The Morgan fingerprint density at radius 1 is 1.20 bits per heavy atom. The molecule has 0 aliphatic rings. The number of hydrogen-bond acceptors (Lipinski definition) is 2. The average Bonchev–Trinajstić information content (AvgIpc) is 2.67. The number of halogens is 3. The van der Waals surface area contributed by atoms with Gasteiger partial charge in [-0.2, -0.15) is 0 Å². The van der Waals surface area contributed by atoms with Crippen molar-refractivity contribution in [3.63, 3.8) is 0 Å². The average molecular weight is 213 g/mol. The van der Waals surface area contributed by atoms with Crippen molar-refractivity contribution in [1.82, 2.24) is 15.0 Å². The molecule has 15 heavy (non-hydrogen) atoms. The van der Waals surface area contributed by atoms with Gasteiger partial charge in [-0.1, -0.05) is 17.3 Å². The number of aromatic nitrogens is 3. The van der Waals surface area contributed by atoms with Crippen LogP contribution in [0.25, 0.3) is 5.69 Å². The van der Waals surface area contributed by atoms with Gasteiger partial charge < -0.3 is 0 Å². The summed E-state index contributed by atoms with van der Waals surface area (Å²) in [4.78, 5) is 0. The fourth-order valence-electron chi connectivity index (χ4n) is 1.13. The third-order valence-corrected chi connectivity index (χ3v) is 1.83. The first-order chi connectivity index (χ1) is 7.18. The van der Waals surface area contributed by atoms with E-state index in [4.69, 9.17) is 0 Å². The minimum atomic E-state index is -2.70. The second-order valence-electron chi connectivity index (χ2n) is 2.84. The standard InChI is InChI=1S/C9H6F3N3/c10-6-3-1-2-4-8(6)15-5-7(9(11)12)13-14-15/h1-5,9H. The van der Waals surface area contributed by atoms with Crippen LogP contribution in [-0.4, -0.2) is 15.0 Å². The highest BCUT2D eigenvalue weighted by Crippen LogP contribution is 2.17. The van der Waals surface area contributed by atoms with Gasteiger partial charge in [0, 0.05) is 0 Å². The second kappa shape index (κ2) is 3.72. The highest BCUT2D eigenvalue weighted by atomic mass is 19.3. The summed E-state index contributed by atoms with van der Waals surface area (Å²) in [6.45, 7) is 0. The van der Waals surface area contributed by atoms with Crippen LogP contribution >= 0.6 is 0 Å². The lowest BCUT2D eigenvalue weighted by atomic mass is 10.3. The molecular formula is C9H6F3N3. The van der Waals surface area contributed by atoms with Crippen LogP contribution in [0, 0.1) is 5.82 Å². The topological polar surface area (TPSA) is 30.7 Å². The van der Waals surface area contributed by atoms with Crippen molar-refractivity contribution < 1.29 is 13.2 Å². The van der Waals surface area contributed by atoms with Gasteiger partial charge in [-0.3, -0.25) is 0 Å². The van der Waals surface area contributed by atoms with Crippen molar-refractivity contribution in [3.05, 3.63) is 42.0 Å². The van der Waals surface area contributed by atoms with E-state index in [1.165, 1.54) is 18.2 Å². The van der Waals surface area contributed by atoms with Crippen LogP contribution in [0.15, 0.2) is 30.5 Å². The summed E-state index contributed by atoms with van der Waals surface area (Å²) in [5.41, 5.74) is -0.379. The molecule has 0 amide bonds. The molecule has 2 aromatic rings. The zero-order valence-electron chi connectivity index (χ0n) is 7.44. The minimum Gasteiger partial charge on any atom is -0.217 e. The lowest BCUT2D eigenvalue weighted by Gasteiger charge is -1.99. The van der Waals surface area contributed by atoms with Gasteiger partial charge in [0.25, 0.3) is 6.43 Å². The Hall–Kier alpha value is -1.85. The molecule has 1 aromatic heterocycles.